The summed E-state index contributed by atoms with van der Waals surface area (Å²) in [6, 6.07) is 0. The maximum absolute atomic E-state index is 12.2. The number of rotatable bonds is 0. The Labute approximate surface area is 53.0 Å². The van der Waals surface area contributed by atoms with Crippen LogP contribution in [0.15, 0.2) is 0 Å². The highest BCUT2D eigenvalue weighted by atomic mass is 19.3. The second-order valence-corrected chi connectivity index (χ2v) is 2.59. The van der Waals surface area contributed by atoms with Gasteiger partial charge in [0.25, 0.3) is 0 Å². The van der Waals surface area contributed by atoms with E-state index in [1.54, 1.807) is 0 Å². The lowest BCUT2D eigenvalue weighted by atomic mass is 10.0. The van der Waals surface area contributed by atoms with E-state index < -0.39 is 6.11 Å². The summed E-state index contributed by atoms with van der Waals surface area (Å²) in [6.07, 6.45) is -2.38. The monoisotopic (exact) mass is 136 g/mol. The lowest BCUT2D eigenvalue weighted by molar-refractivity contribution is -0.266. The van der Waals surface area contributed by atoms with Gasteiger partial charge in [-0.25, -0.2) is 0 Å². The van der Waals surface area contributed by atoms with E-state index in [1.165, 1.54) is 0 Å². The number of ether oxygens (including phenoxy) is 1. The zero-order chi connectivity index (χ0) is 6.91. The fourth-order valence-electron chi connectivity index (χ4n) is 0.834. The molecule has 0 spiro atoms. The summed E-state index contributed by atoms with van der Waals surface area (Å²) in [5.74, 6) is 0.296. The highest BCUT2D eigenvalue weighted by Crippen LogP contribution is 2.29. The molecular formula is C6H10F2O. The summed E-state index contributed by atoms with van der Waals surface area (Å²) in [6.45, 7) is 2.11. The molecule has 54 valence electrons. The van der Waals surface area contributed by atoms with Gasteiger partial charge in [0.05, 0.1) is 6.61 Å². The fraction of sp³-hybridized carbons (Fsp3) is 1.00. The Balaban J connectivity index is 2.35. The highest BCUT2D eigenvalue weighted by Gasteiger charge is 2.34. The zero-order valence-electron chi connectivity index (χ0n) is 5.36. The fourth-order valence-corrected chi connectivity index (χ4v) is 0.834. The number of hydrogen-bond acceptors (Lipinski definition) is 1. The van der Waals surface area contributed by atoms with Crippen molar-refractivity contribution in [3.05, 3.63) is 0 Å². The Bertz CT molecular complexity index is 93.2. The molecule has 0 N–H and O–H groups in total. The maximum atomic E-state index is 12.2. The summed E-state index contributed by atoms with van der Waals surface area (Å²) in [5.41, 5.74) is 0. The van der Waals surface area contributed by atoms with E-state index in [-0.39, 0.29) is 13.0 Å². The molecule has 1 saturated heterocycles. The molecule has 0 aromatic carbocycles. The molecule has 0 radical (unpaired) electrons. The van der Waals surface area contributed by atoms with Crippen LogP contribution in [0.2, 0.25) is 0 Å². The van der Waals surface area contributed by atoms with Crippen LogP contribution < -0.4 is 0 Å². The quantitative estimate of drug-likeness (QED) is 0.495. The van der Waals surface area contributed by atoms with Gasteiger partial charge in [0.1, 0.15) is 0 Å². The Morgan fingerprint density at radius 1 is 1.56 bits per heavy atom. The molecule has 9 heavy (non-hydrogen) atoms. The minimum atomic E-state index is -2.84. The van der Waals surface area contributed by atoms with Crippen LogP contribution in [-0.4, -0.2) is 12.7 Å². The lowest BCUT2D eigenvalue weighted by Gasteiger charge is -2.25. The van der Waals surface area contributed by atoms with E-state index in [4.69, 9.17) is 0 Å². The third-order valence-electron chi connectivity index (χ3n) is 1.51. The zero-order valence-corrected chi connectivity index (χ0v) is 5.36. The minimum absolute atomic E-state index is 0.117. The van der Waals surface area contributed by atoms with E-state index in [9.17, 15) is 8.78 Å². The number of alkyl halides is 2. The Morgan fingerprint density at radius 2 is 2.22 bits per heavy atom. The second-order valence-electron chi connectivity index (χ2n) is 2.59. The minimum Gasteiger partial charge on any atom is -0.320 e. The first-order valence-electron chi connectivity index (χ1n) is 3.12. The second kappa shape index (κ2) is 2.21. The van der Waals surface area contributed by atoms with Crippen LogP contribution in [0.25, 0.3) is 0 Å². The van der Waals surface area contributed by atoms with E-state index in [2.05, 4.69) is 4.74 Å². The molecule has 1 heterocycles. The molecular weight excluding hydrogens is 126 g/mol. The van der Waals surface area contributed by atoms with Gasteiger partial charge in [0.15, 0.2) is 0 Å². The molecule has 3 heteroatoms. The predicted octanol–water partition coefficient (Wildman–Crippen LogP) is 2.03. The SMILES string of the molecule is CC1CCC(F)(F)OC1. The maximum Gasteiger partial charge on any atom is 0.355 e. The number of hydrogen-bond donors (Lipinski definition) is 0. The van der Waals surface area contributed by atoms with E-state index in [0.717, 1.165) is 0 Å². The summed E-state index contributed by atoms with van der Waals surface area (Å²) >= 11 is 0. The van der Waals surface area contributed by atoms with E-state index in [1.807, 2.05) is 6.92 Å². The smallest absolute Gasteiger partial charge is 0.320 e. The van der Waals surface area contributed by atoms with Gasteiger partial charge in [-0.05, 0) is 12.3 Å². The molecule has 0 bridgehead atoms. The van der Waals surface area contributed by atoms with E-state index in [0.29, 0.717) is 12.3 Å². The van der Waals surface area contributed by atoms with Crippen molar-refractivity contribution in [2.24, 2.45) is 5.92 Å². The Kier molecular flexibility index (Phi) is 1.70. The summed E-state index contributed by atoms with van der Waals surface area (Å²) in [5, 5.41) is 0. The van der Waals surface area contributed by atoms with Crippen LogP contribution in [0.1, 0.15) is 19.8 Å². The van der Waals surface area contributed by atoms with Crippen LogP contribution in [0.3, 0.4) is 0 Å². The third kappa shape index (κ3) is 1.90. The van der Waals surface area contributed by atoms with Crippen LogP contribution in [0, 0.1) is 5.92 Å². The largest absolute Gasteiger partial charge is 0.355 e. The van der Waals surface area contributed by atoms with Gasteiger partial charge in [-0.2, -0.15) is 8.78 Å². The predicted molar refractivity (Wildman–Crippen MR) is 29.3 cm³/mol. The first-order valence-corrected chi connectivity index (χ1v) is 3.12. The molecule has 1 atom stereocenters. The first-order chi connectivity index (χ1) is 4.10. The average molecular weight is 136 g/mol. The van der Waals surface area contributed by atoms with Gasteiger partial charge in [0, 0.05) is 6.42 Å². The van der Waals surface area contributed by atoms with Crippen molar-refractivity contribution in [2.45, 2.75) is 25.9 Å². The van der Waals surface area contributed by atoms with Crippen molar-refractivity contribution in [2.75, 3.05) is 6.61 Å². The molecule has 1 unspecified atom stereocenters. The van der Waals surface area contributed by atoms with Gasteiger partial charge in [-0.1, -0.05) is 6.92 Å². The van der Waals surface area contributed by atoms with Gasteiger partial charge < -0.3 is 4.74 Å². The van der Waals surface area contributed by atoms with Gasteiger partial charge in [-0.3, -0.25) is 0 Å². The molecule has 1 rings (SSSR count). The van der Waals surface area contributed by atoms with Crippen molar-refractivity contribution in [1.82, 2.24) is 0 Å². The van der Waals surface area contributed by atoms with E-state index >= 15 is 0 Å². The Morgan fingerprint density at radius 3 is 2.56 bits per heavy atom. The standard InChI is InChI=1S/C6H10F2O/c1-5-2-3-6(7,8)9-4-5/h5H,2-4H2,1H3. The first kappa shape index (κ1) is 6.93. The molecule has 0 aromatic rings. The van der Waals surface area contributed by atoms with Crippen molar-refractivity contribution in [3.63, 3.8) is 0 Å². The van der Waals surface area contributed by atoms with Crippen molar-refractivity contribution >= 4 is 0 Å². The molecule has 1 aliphatic heterocycles. The molecule has 0 saturated carbocycles. The van der Waals surface area contributed by atoms with Crippen LogP contribution in [0.5, 0.6) is 0 Å². The van der Waals surface area contributed by atoms with Crippen LogP contribution >= 0.6 is 0 Å². The molecule has 0 aliphatic carbocycles. The summed E-state index contributed by atoms with van der Waals surface area (Å²) < 4.78 is 28.6. The molecule has 0 aromatic heterocycles. The van der Waals surface area contributed by atoms with Crippen molar-refractivity contribution in [3.8, 4) is 0 Å². The van der Waals surface area contributed by atoms with Crippen LogP contribution in [-0.2, 0) is 4.74 Å². The molecule has 0 amide bonds. The third-order valence-corrected chi connectivity index (χ3v) is 1.51. The molecule has 1 fully saturated rings. The molecule has 1 nitrogen and oxygen atoms in total. The Hall–Kier alpha value is -0.180. The van der Waals surface area contributed by atoms with Gasteiger partial charge in [0.2, 0.25) is 0 Å². The van der Waals surface area contributed by atoms with Gasteiger partial charge in [-0.15, -0.1) is 0 Å². The van der Waals surface area contributed by atoms with Crippen LogP contribution in [0.4, 0.5) is 8.78 Å². The average Bonchev–Trinajstić information content (AvgIpc) is 1.78. The lowest BCUT2D eigenvalue weighted by Crippen LogP contribution is -2.29. The topological polar surface area (TPSA) is 9.23 Å². The van der Waals surface area contributed by atoms with Crippen molar-refractivity contribution < 1.29 is 13.5 Å². The number of halogens is 2. The van der Waals surface area contributed by atoms with Crippen molar-refractivity contribution in [1.29, 1.82) is 0 Å². The normalized spacial score (nSPS) is 34.3. The highest BCUT2D eigenvalue weighted by molar-refractivity contribution is 4.64. The summed E-state index contributed by atoms with van der Waals surface area (Å²) in [4.78, 5) is 0. The van der Waals surface area contributed by atoms with Gasteiger partial charge >= 0.3 is 6.11 Å². The summed E-state index contributed by atoms with van der Waals surface area (Å²) in [7, 11) is 0. The molecule has 1 aliphatic rings.